The van der Waals surface area contributed by atoms with Crippen LogP contribution in [0.2, 0.25) is 0 Å². The Morgan fingerprint density at radius 2 is 2.12 bits per heavy atom. The number of hydrogen-bond acceptors (Lipinski definition) is 6. The second-order valence-electron chi connectivity index (χ2n) is 5.65. The van der Waals surface area contributed by atoms with Crippen LogP contribution in [0.25, 0.3) is 0 Å². The molecule has 0 aromatic heterocycles. The lowest BCUT2D eigenvalue weighted by atomic mass is 10.1. The molecule has 1 aliphatic heterocycles. The second-order valence-corrected chi connectivity index (χ2v) is 8.99. The molecule has 3 atom stereocenters. The summed E-state index contributed by atoms with van der Waals surface area (Å²) in [7, 11) is 0. The molecule has 2 amide bonds. The van der Waals surface area contributed by atoms with E-state index in [-0.39, 0.29) is 25.0 Å². The fourth-order valence-corrected chi connectivity index (χ4v) is 3.35. The summed E-state index contributed by atoms with van der Waals surface area (Å²) in [5, 5.41) is 12.5. The number of likely N-dealkylation sites (tertiary alicyclic amines) is 1. The lowest BCUT2D eigenvalue weighted by Gasteiger charge is -2.28. The Morgan fingerprint density at radius 3 is 2.75 bits per heavy atom. The molecule has 1 fully saturated rings. The molecule has 0 radical (unpaired) electrons. The first kappa shape index (κ1) is 22.2. The summed E-state index contributed by atoms with van der Waals surface area (Å²) in [6.07, 6.45) is 2.27. The second kappa shape index (κ2) is 11.0. The van der Waals surface area contributed by atoms with Gasteiger partial charge in [0.1, 0.15) is 6.72 Å². The molecule has 0 saturated carbocycles. The first-order chi connectivity index (χ1) is 11.2. The number of β-amino-alcohol motifs (C(OH)–C–C–N with tert-alkyl or cyclic N) is 1. The highest BCUT2D eigenvalue weighted by molar-refractivity contribution is 14.1. The first-order valence-electron chi connectivity index (χ1n) is 7.71. The number of aliphatic hydroxyl groups is 1. The van der Waals surface area contributed by atoms with Crippen LogP contribution in [0.4, 0.5) is 0 Å². The summed E-state index contributed by atoms with van der Waals surface area (Å²) >= 11 is 6.28. The van der Waals surface area contributed by atoms with Crippen LogP contribution < -0.4 is 10.2 Å². The molecular formula is C13H23IN2O6PS-. The van der Waals surface area contributed by atoms with E-state index >= 15 is 0 Å². The Balaban J connectivity index is 2.29. The van der Waals surface area contributed by atoms with Crippen molar-refractivity contribution in [3.05, 3.63) is 0 Å². The number of carbonyl (C=O) groups excluding carboxylic acids is 2. The molecule has 0 aromatic rings. The molecule has 0 spiro atoms. The van der Waals surface area contributed by atoms with Gasteiger partial charge in [0.25, 0.3) is 0 Å². The summed E-state index contributed by atoms with van der Waals surface area (Å²) in [4.78, 5) is 44.8. The molecule has 8 nitrogen and oxygen atoms in total. The van der Waals surface area contributed by atoms with Crippen molar-refractivity contribution in [2.75, 3.05) is 24.1 Å². The van der Waals surface area contributed by atoms with Gasteiger partial charge in [-0.15, -0.1) is 0 Å². The Labute approximate surface area is 160 Å². The van der Waals surface area contributed by atoms with E-state index < -0.39 is 18.9 Å². The van der Waals surface area contributed by atoms with Gasteiger partial charge in [-0.2, -0.15) is 0 Å². The summed E-state index contributed by atoms with van der Waals surface area (Å²) in [5.74, 6) is -0.114. The maximum Gasteiger partial charge on any atom is 0.229 e. The maximum absolute atomic E-state index is 12.2. The molecule has 1 saturated heterocycles. The molecule has 1 rings (SSSR count). The smallest absolute Gasteiger partial charge is 0.229 e. The largest absolute Gasteiger partial charge is 0.780 e. The zero-order valence-electron chi connectivity index (χ0n) is 13.2. The molecule has 24 heavy (non-hydrogen) atoms. The molecule has 1 aliphatic rings. The quantitative estimate of drug-likeness (QED) is 0.165. The molecule has 11 heteroatoms. The molecular weight excluding hydrogens is 470 g/mol. The van der Waals surface area contributed by atoms with Gasteiger partial charge >= 0.3 is 0 Å². The lowest BCUT2D eigenvalue weighted by Crippen LogP contribution is -2.38. The van der Waals surface area contributed by atoms with E-state index in [1.165, 1.54) is 4.90 Å². The van der Waals surface area contributed by atoms with Crippen LogP contribution >= 0.6 is 29.3 Å². The Morgan fingerprint density at radius 1 is 1.42 bits per heavy atom. The van der Waals surface area contributed by atoms with Crippen LogP contribution in [0.1, 0.15) is 32.1 Å². The molecule has 1 unspecified atom stereocenters. The number of hydrogen-bond donors (Lipinski definition) is 3. The van der Waals surface area contributed by atoms with Crippen molar-refractivity contribution < 1.29 is 29.0 Å². The molecule has 3 N–H and O–H groups in total. The van der Waals surface area contributed by atoms with Crippen molar-refractivity contribution in [2.24, 2.45) is 0 Å². The molecule has 0 bridgehead atoms. The van der Waals surface area contributed by atoms with E-state index in [9.17, 15) is 19.6 Å². The SMILES string of the molecule is O=C(CI)NCCCCCC(=O)N1C[C@H](O)C[C@H]1COP([O-])(O)=S. The minimum Gasteiger partial charge on any atom is -0.780 e. The fourth-order valence-electron chi connectivity index (χ4n) is 2.53. The third-order valence-electron chi connectivity index (χ3n) is 3.65. The van der Waals surface area contributed by atoms with Gasteiger partial charge in [0, 0.05) is 19.5 Å². The van der Waals surface area contributed by atoms with Gasteiger partial charge < -0.3 is 29.6 Å². The van der Waals surface area contributed by atoms with E-state index in [4.69, 9.17) is 9.42 Å². The van der Waals surface area contributed by atoms with Crippen LogP contribution in [0, 0.1) is 0 Å². The van der Waals surface area contributed by atoms with E-state index in [1.807, 2.05) is 22.6 Å². The number of amides is 2. The summed E-state index contributed by atoms with van der Waals surface area (Å²) in [6.45, 7) is -3.36. The van der Waals surface area contributed by atoms with Crippen LogP contribution in [0.15, 0.2) is 0 Å². The van der Waals surface area contributed by atoms with E-state index in [2.05, 4.69) is 17.1 Å². The topological polar surface area (TPSA) is 122 Å². The number of aliphatic hydroxyl groups excluding tert-OH is 1. The minimum atomic E-state index is -4.01. The Bertz CT molecular complexity index is 477. The average molecular weight is 493 g/mol. The number of nitrogens with one attached hydrogen (secondary N) is 1. The van der Waals surface area contributed by atoms with Crippen molar-refractivity contribution in [3.63, 3.8) is 0 Å². The minimum absolute atomic E-state index is 0.00323. The fraction of sp³-hybridized carbons (Fsp3) is 0.846. The van der Waals surface area contributed by atoms with Gasteiger partial charge in [-0.3, -0.25) is 9.59 Å². The molecule has 1 heterocycles. The summed E-state index contributed by atoms with van der Waals surface area (Å²) < 4.78 is 5.15. The Hall–Kier alpha value is 0.160. The Kier molecular flexibility index (Phi) is 10.2. The predicted octanol–water partition coefficient (Wildman–Crippen LogP) is -0.347. The highest BCUT2D eigenvalue weighted by Crippen LogP contribution is 2.32. The van der Waals surface area contributed by atoms with Crippen LogP contribution in [0.5, 0.6) is 0 Å². The summed E-state index contributed by atoms with van der Waals surface area (Å²) in [6, 6.07) is -0.432. The van der Waals surface area contributed by atoms with Gasteiger partial charge in [-0.25, -0.2) is 0 Å². The molecule has 140 valence electrons. The number of alkyl halides is 1. The highest BCUT2D eigenvalue weighted by atomic mass is 127. The first-order valence-corrected chi connectivity index (χ1v) is 11.8. The third-order valence-corrected chi connectivity index (χ3v) is 5.14. The van der Waals surface area contributed by atoms with Crippen molar-refractivity contribution in [1.29, 1.82) is 0 Å². The van der Waals surface area contributed by atoms with Gasteiger partial charge in [0.05, 0.1) is 23.2 Å². The van der Waals surface area contributed by atoms with Gasteiger partial charge in [-0.1, -0.05) is 40.8 Å². The molecule has 0 aromatic carbocycles. The van der Waals surface area contributed by atoms with E-state index in [1.54, 1.807) is 0 Å². The highest BCUT2D eigenvalue weighted by Gasteiger charge is 2.34. The van der Waals surface area contributed by atoms with Gasteiger partial charge in [-0.05, 0) is 19.3 Å². The monoisotopic (exact) mass is 493 g/mol. The number of carbonyl (C=O) groups is 2. The van der Waals surface area contributed by atoms with Crippen LogP contribution in [-0.4, -0.2) is 63.0 Å². The number of rotatable bonds is 10. The van der Waals surface area contributed by atoms with Crippen molar-refractivity contribution in [1.82, 2.24) is 10.2 Å². The zero-order valence-corrected chi connectivity index (χ0v) is 17.1. The maximum atomic E-state index is 12.2. The summed E-state index contributed by atoms with van der Waals surface area (Å²) in [5.41, 5.74) is 0. The number of halogens is 1. The van der Waals surface area contributed by atoms with E-state index in [0.29, 0.717) is 30.2 Å². The van der Waals surface area contributed by atoms with Crippen LogP contribution in [0.3, 0.4) is 0 Å². The predicted molar refractivity (Wildman–Crippen MR) is 98.9 cm³/mol. The van der Waals surface area contributed by atoms with Crippen LogP contribution in [-0.2, 0) is 25.9 Å². The lowest BCUT2D eigenvalue weighted by molar-refractivity contribution is -0.202. The van der Waals surface area contributed by atoms with Gasteiger partial charge in [0.2, 0.25) is 11.8 Å². The third kappa shape index (κ3) is 9.02. The van der Waals surface area contributed by atoms with Crippen molar-refractivity contribution >= 4 is 52.9 Å². The molecule has 0 aliphatic carbocycles. The van der Waals surface area contributed by atoms with E-state index in [0.717, 1.165) is 12.8 Å². The number of unbranched alkanes of at least 4 members (excludes halogenated alkanes) is 2. The van der Waals surface area contributed by atoms with Crippen molar-refractivity contribution in [3.8, 4) is 0 Å². The number of nitrogens with zero attached hydrogens (tertiary/aromatic N) is 1. The van der Waals surface area contributed by atoms with Gasteiger partial charge in [0.15, 0.2) is 0 Å². The zero-order chi connectivity index (χ0) is 18.2. The standard InChI is InChI=1S/C13H24IN2O6PS/c14-7-12(18)15-5-3-1-2-4-13(19)16-8-11(17)6-10(16)9-22-23(20,21)24/h10-11,17H,1-9H2,(H,15,18)(H2,20,21,24)/p-1/t10-,11+/m0/s1. The van der Waals surface area contributed by atoms with Crippen molar-refractivity contribution in [2.45, 2.75) is 44.2 Å². The normalized spacial score (nSPS) is 23.1. The average Bonchev–Trinajstić information content (AvgIpc) is 2.88.